The Kier molecular flexibility index (Phi) is 10.8. The largest absolute Gasteiger partial charge is 0.345 e. The van der Waals surface area contributed by atoms with Crippen LogP contribution in [-0.2, 0) is 11.2 Å². The molecule has 0 aliphatic heterocycles. The van der Waals surface area contributed by atoms with E-state index in [1.165, 1.54) is 25.0 Å². The van der Waals surface area contributed by atoms with Crippen molar-refractivity contribution in [2.75, 3.05) is 11.4 Å². The normalized spacial score (nSPS) is 15.1. The summed E-state index contributed by atoms with van der Waals surface area (Å²) < 4.78 is 13.5. The molecule has 0 spiro atoms. The minimum atomic E-state index is -0.271. The van der Waals surface area contributed by atoms with Crippen molar-refractivity contribution in [1.29, 1.82) is 0 Å². The number of thiazole rings is 1. The van der Waals surface area contributed by atoms with Crippen LogP contribution in [0.1, 0.15) is 90.8 Å². The molecule has 1 aliphatic carbocycles. The van der Waals surface area contributed by atoms with Crippen LogP contribution in [0.3, 0.4) is 0 Å². The number of ketones is 1. The van der Waals surface area contributed by atoms with Gasteiger partial charge in [-0.15, -0.1) is 11.3 Å². The summed E-state index contributed by atoms with van der Waals surface area (Å²) in [5.74, 6) is 0.257. The fraction of sp³-hybridized carbons (Fsp3) is 0.630. The molecule has 0 amide bonds. The van der Waals surface area contributed by atoms with Gasteiger partial charge in [0, 0.05) is 36.2 Å². The molecule has 1 aliphatic rings. The number of benzene rings is 1. The monoisotopic (exact) mass is 460 g/mol. The molecule has 1 aromatic heterocycles. The van der Waals surface area contributed by atoms with Crippen LogP contribution in [0, 0.1) is 17.7 Å². The maximum atomic E-state index is 13.6. The average molecular weight is 461 g/mol. The molecule has 0 bridgehead atoms. The highest BCUT2D eigenvalue weighted by molar-refractivity contribution is 7.13. The number of Topliss-reactive ketones (excluding diaryl/α,β-unsaturated/α-hetero) is 1. The highest BCUT2D eigenvalue weighted by Crippen LogP contribution is 2.35. The smallest absolute Gasteiger partial charge is 0.185 e. The van der Waals surface area contributed by atoms with Crippen molar-refractivity contribution in [1.82, 2.24) is 4.98 Å². The molecule has 1 fully saturated rings. The molecule has 2 atom stereocenters. The van der Waals surface area contributed by atoms with Crippen LogP contribution in [0.2, 0.25) is 0 Å². The first-order chi connectivity index (χ1) is 15.4. The van der Waals surface area contributed by atoms with Crippen LogP contribution < -0.4 is 4.90 Å². The van der Waals surface area contributed by atoms with Crippen LogP contribution in [0.15, 0.2) is 29.6 Å². The molecular weight excluding hydrogens is 419 g/mol. The van der Waals surface area contributed by atoms with E-state index in [4.69, 9.17) is 4.98 Å². The summed E-state index contributed by atoms with van der Waals surface area (Å²) in [6, 6.07) is 7.10. The average Bonchev–Trinajstić information content (AvgIpc) is 3.51. The molecule has 1 saturated carbocycles. The predicted molar refractivity (Wildman–Crippen MR) is 135 cm³/mol. The van der Waals surface area contributed by atoms with Crippen molar-refractivity contribution in [2.24, 2.45) is 11.8 Å². The second-order valence-electron chi connectivity index (χ2n) is 8.96. The molecule has 3 rings (SSSR count). The molecule has 178 valence electrons. The summed E-state index contributed by atoms with van der Waals surface area (Å²) in [6.07, 6.45) is 5.87. The number of anilines is 1. The van der Waals surface area contributed by atoms with E-state index in [0.29, 0.717) is 18.4 Å². The van der Waals surface area contributed by atoms with Gasteiger partial charge in [-0.25, -0.2) is 9.37 Å². The van der Waals surface area contributed by atoms with Gasteiger partial charge in [0.1, 0.15) is 11.6 Å². The van der Waals surface area contributed by atoms with Gasteiger partial charge in [0.2, 0.25) is 0 Å². The zero-order valence-electron chi connectivity index (χ0n) is 20.7. The van der Waals surface area contributed by atoms with Gasteiger partial charge < -0.3 is 4.90 Å². The molecule has 0 saturated heterocycles. The number of hydrogen-bond donors (Lipinski definition) is 0. The second kappa shape index (κ2) is 13.1. The molecule has 0 radical (unpaired) electrons. The van der Waals surface area contributed by atoms with Crippen LogP contribution in [0.5, 0.6) is 0 Å². The highest BCUT2D eigenvalue weighted by atomic mass is 32.1. The van der Waals surface area contributed by atoms with Crippen LogP contribution >= 0.6 is 11.3 Å². The van der Waals surface area contributed by atoms with E-state index < -0.39 is 0 Å². The Morgan fingerprint density at radius 2 is 1.84 bits per heavy atom. The number of nitrogens with zero attached hydrogens (tertiary/aromatic N) is 2. The van der Waals surface area contributed by atoms with Gasteiger partial charge in [-0.3, -0.25) is 4.79 Å². The summed E-state index contributed by atoms with van der Waals surface area (Å²) in [5, 5.41) is 3.16. The lowest BCUT2D eigenvalue weighted by atomic mass is 9.79. The van der Waals surface area contributed by atoms with Gasteiger partial charge in [0.25, 0.3) is 0 Å². The number of rotatable bonds is 12. The van der Waals surface area contributed by atoms with E-state index in [-0.39, 0.29) is 23.4 Å². The number of carbonyl (C=O) groups is 1. The van der Waals surface area contributed by atoms with Gasteiger partial charge in [-0.2, -0.15) is 0 Å². The Bertz CT molecular complexity index is 813. The predicted octanol–water partition coefficient (Wildman–Crippen LogP) is 7.65. The van der Waals surface area contributed by atoms with Crippen molar-refractivity contribution in [3.63, 3.8) is 0 Å². The number of halogens is 1. The fourth-order valence-corrected chi connectivity index (χ4v) is 5.30. The van der Waals surface area contributed by atoms with Crippen LogP contribution in [0.25, 0.3) is 0 Å². The van der Waals surface area contributed by atoms with Gasteiger partial charge in [0.15, 0.2) is 5.13 Å². The first-order valence-electron chi connectivity index (χ1n) is 12.4. The van der Waals surface area contributed by atoms with E-state index in [9.17, 15) is 9.18 Å². The van der Waals surface area contributed by atoms with Crippen LogP contribution in [0.4, 0.5) is 9.52 Å². The minimum absolute atomic E-state index is 0.0433. The molecule has 1 heterocycles. The Hall–Kier alpha value is -1.75. The fourth-order valence-electron chi connectivity index (χ4n) is 4.32. The zero-order chi connectivity index (χ0) is 23.7. The van der Waals surface area contributed by atoms with E-state index in [2.05, 4.69) is 38.0 Å². The van der Waals surface area contributed by atoms with Crippen molar-refractivity contribution in [2.45, 2.75) is 92.0 Å². The van der Waals surface area contributed by atoms with Crippen molar-refractivity contribution in [3.8, 4) is 0 Å². The standard InChI is InChI=1S/C25H35FN2OS.C2H6/c1-5-7-19(14-17(3)4)24(29)23(18-8-10-20(26)11-9-18)15-21-16-30-25(27-21)28(6-2)22-12-13-22;1-2/h8-11,16-17,19,22-23H,5-7,12-15H2,1-4H3;1-2H3. The summed E-state index contributed by atoms with van der Waals surface area (Å²) in [7, 11) is 0. The molecule has 5 heteroatoms. The molecule has 32 heavy (non-hydrogen) atoms. The minimum Gasteiger partial charge on any atom is -0.345 e. The van der Waals surface area contributed by atoms with Gasteiger partial charge >= 0.3 is 0 Å². The third-order valence-electron chi connectivity index (χ3n) is 5.94. The van der Waals surface area contributed by atoms with E-state index in [1.54, 1.807) is 23.5 Å². The SMILES string of the molecule is CC.CCCC(CC(C)C)C(=O)C(Cc1csc(N(CC)C2CC2)n1)c1ccc(F)cc1. The summed E-state index contributed by atoms with van der Waals surface area (Å²) >= 11 is 1.67. The Morgan fingerprint density at radius 1 is 1.19 bits per heavy atom. The molecule has 2 unspecified atom stereocenters. The highest BCUT2D eigenvalue weighted by Gasteiger charge is 2.32. The maximum absolute atomic E-state index is 13.6. The third-order valence-corrected chi connectivity index (χ3v) is 6.86. The maximum Gasteiger partial charge on any atom is 0.185 e. The molecule has 0 N–H and O–H groups in total. The molecule has 3 nitrogen and oxygen atoms in total. The van der Waals surface area contributed by atoms with Crippen molar-refractivity contribution in [3.05, 3.63) is 46.7 Å². The van der Waals surface area contributed by atoms with Gasteiger partial charge in [0.05, 0.1) is 5.69 Å². The van der Waals surface area contributed by atoms with Gasteiger partial charge in [-0.1, -0.05) is 53.2 Å². The lowest BCUT2D eigenvalue weighted by Gasteiger charge is -2.24. The summed E-state index contributed by atoms with van der Waals surface area (Å²) in [4.78, 5) is 20.9. The van der Waals surface area contributed by atoms with E-state index in [0.717, 1.165) is 42.2 Å². The first kappa shape index (κ1) is 26.5. The van der Waals surface area contributed by atoms with E-state index in [1.807, 2.05) is 13.8 Å². The molecule has 1 aromatic carbocycles. The third kappa shape index (κ3) is 7.40. The summed E-state index contributed by atoms with van der Waals surface area (Å²) in [5.41, 5.74) is 1.87. The lowest BCUT2D eigenvalue weighted by Crippen LogP contribution is -2.26. The summed E-state index contributed by atoms with van der Waals surface area (Å²) in [6.45, 7) is 13.6. The number of aromatic nitrogens is 1. The second-order valence-corrected chi connectivity index (χ2v) is 9.80. The van der Waals surface area contributed by atoms with Gasteiger partial charge in [-0.05, 0) is 56.2 Å². The molecular formula is C27H41FN2OS. The quantitative estimate of drug-likeness (QED) is 0.326. The van der Waals surface area contributed by atoms with E-state index >= 15 is 0 Å². The Morgan fingerprint density at radius 3 is 2.38 bits per heavy atom. The lowest BCUT2D eigenvalue weighted by molar-refractivity contribution is -0.125. The van der Waals surface area contributed by atoms with Crippen molar-refractivity contribution < 1.29 is 9.18 Å². The van der Waals surface area contributed by atoms with Crippen molar-refractivity contribution >= 4 is 22.3 Å². The van der Waals surface area contributed by atoms with Crippen LogP contribution in [-0.4, -0.2) is 23.4 Å². The molecule has 2 aromatic rings. The topological polar surface area (TPSA) is 33.2 Å². The Labute approximate surface area is 198 Å². The first-order valence-corrected chi connectivity index (χ1v) is 13.3. The number of hydrogen-bond acceptors (Lipinski definition) is 4. The Balaban J connectivity index is 0.00000176. The zero-order valence-corrected chi connectivity index (χ0v) is 21.6. The number of carbonyl (C=O) groups excluding carboxylic acids is 1.